The summed E-state index contributed by atoms with van der Waals surface area (Å²) in [5, 5.41) is -1.15. The molecule has 0 amide bonds. The Labute approximate surface area is 86.4 Å². The Bertz CT molecular complexity index is 117. The predicted octanol–water partition coefficient (Wildman–Crippen LogP) is -0.0250. The smallest absolute Gasteiger partial charge is 0.331 e. The molecule has 0 heterocycles. The molecule has 53 valence electrons. The number of alkyl halides is 1. The van der Waals surface area contributed by atoms with Gasteiger partial charge >= 0.3 is 5.97 Å². The number of esters is 1. The first kappa shape index (κ1) is 13.1. The third-order valence-corrected chi connectivity index (χ3v) is 0.912. The molecular formula is C5H7ClNaO3. The first-order valence-electron chi connectivity index (χ1n) is 2.48. The standard InChI is InChI=1S/C5H7ClO3.Na/c1-2-9-5(8)4(6)3-7;/h3-4H,2H2,1H3;. The van der Waals surface area contributed by atoms with E-state index in [2.05, 4.69) is 4.74 Å². The topological polar surface area (TPSA) is 43.4 Å². The van der Waals surface area contributed by atoms with Crippen LogP contribution in [-0.4, -0.2) is 53.8 Å². The zero-order valence-corrected chi connectivity index (χ0v) is 8.72. The van der Waals surface area contributed by atoms with Crippen molar-refractivity contribution in [2.45, 2.75) is 12.3 Å². The average Bonchev–Trinajstić information content (AvgIpc) is 1.87. The van der Waals surface area contributed by atoms with Crippen molar-refractivity contribution < 1.29 is 14.3 Å². The van der Waals surface area contributed by atoms with Crippen molar-refractivity contribution >= 4 is 53.4 Å². The Balaban J connectivity index is 0. The third kappa shape index (κ3) is 5.23. The zero-order chi connectivity index (χ0) is 7.28. The van der Waals surface area contributed by atoms with E-state index in [1.807, 2.05) is 0 Å². The summed E-state index contributed by atoms with van der Waals surface area (Å²) in [5.74, 6) is -0.686. The third-order valence-electron chi connectivity index (χ3n) is 0.631. The molecule has 0 rings (SSSR count). The molecule has 10 heavy (non-hydrogen) atoms. The van der Waals surface area contributed by atoms with Gasteiger partial charge in [-0.2, -0.15) is 0 Å². The summed E-state index contributed by atoms with van der Waals surface area (Å²) in [6.07, 6.45) is 0.333. The molecule has 5 heteroatoms. The molecule has 0 N–H and O–H groups in total. The molecule has 0 aliphatic heterocycles. The first-order valence-corrected chi connectivity index (χ1v) is 2.92. The van der Waals surface area contributed by atoms with Crippen molar-refractivity contribution in [1.29, 1.82) is 0 Å². The molecule has 0 saturated heterocycles. The molecular weight excluding hydrogens is 166 g/mol. The van der Waals surface area contributed by atoms with Gasteiger partial charge in [0.25, 0.3) is 0 Å². The fourth-order valence-electron chi connectivity index (χ4n) is 0.277. The SMILES string of the molecule is CCOC(=O)C(Cl)C=O.[Na]. The maximum absolute atomic E-state index is 10.4. The van der Waals surface area contributed by atoms with Gasteiger partial charge in [0.15, 0.2) is 5.38 Å². The summed E-state index contributed by atoms with van der Waals surface area (Å²) >= 11 is 5.15. The van der Waals surface area contributed by atoms with Crippen LogP contribution in [0.25, 0.3) is 0 Å². The van der Waals surface area contributed by atoms with Crippen LogP contribution < -0.4 is 0 Å². The Morgan fingerprint density at radius 2 is 2.30 bits per heavy atom. The van der Waals surface area contributed by atoms with Gasteiger partial charge in [-0.15, -0.1) is 11.6 Å². The number of hydrogen-bond donors (Lipinski definition) is 0. The van der Waals surface area contributed by atoms with E-state index in [-0.39, 0.29) is 36.2 Å². The van der Waals surface area contributed by atoms with E-state index < -0.39 is 11.3 Å². The summed E-state index contributed by atoms with van der Waals surface area (Å²) in [4.78, 5) is 20.2. The minimum Gasteiger partial charge on any atom is -0.465 e. The molecule has 0 aromatic rings. The van der Waals surface area contributed by atoms with Gasteiger partial charge in [0.2, 0.25) is 0 Å². The molecule has 1 unspecified atom stereocenters. The molecule has 1 radical (unpaired) electrons. The van der Waals surface area contributed by atoms with Crippen LogP contribution in [0.2, 0.25) is 0 Å². The number of carbonyl (C=O) groups excluding carboxylic acids is 2. The van der Waals surface area contributed by atoms with Gasteiger partial charge in [-0.3, -0.25) is 0 Å². The van der Waals surface area contributed by atoms with Gasteiger partial charge in [0.05, 0.1) is 6.61 Å². The fraction of sp³-hybridized carbons (Fsp3) is 0.600. The monoisotopic (exact) mass is 173 g/mol. The maximum Gasteiger partial charge on any atom is 0.331 e. The Hall–Kier alpha value is 0.430. The Kier molecular flexibility index (Phi) is 9.84. The summed E-state index contributed by atoms with van der Waals surface area (Å²) in [5.41, 5.74) is 0. The molecule has 0 saturated carbocycles. The van der Waals surface area contributed by atoms with Crippen LogP contribution >= 0.6 is 11.6 Å². The summed E-state index contributed by atoms with van der Waals surface area (Å²) in [6.45, 7) is 1.89. The number of hydrogen-bond acceptors (Lipinski definition) is 3. The quantitative estimate of drug-likeness (QED) is 0.198. The molecule has 1 atom stereocenters. The second-order valence-electron chi connectivity index (χ2n) is 1.29. The predicted molar refractivity (Wildman–Crippen MR) is 38.1 cm³/mol. The maximum atomic E-state index is 10.4. The van der Waals surface area contributed by atoms with Crippen LogP contribution in [-0.2, 0) is 14.3 Å². The molecule has 0 bridgehead atoms. The van der Waals surface area contributed by atoms with Crippen molar-refractivity contribution in [3.05, 3.63) is 0 Å². The van der Waals surface area contributed by atoms with Crippen LogP contribution in [0.5, 0.6) is 0 Å². The molecule has 3 nitrogen and oxygen atoms in total. The van der Waals surface area contributed by atoms with Crippen molar-refractivity contribution in [2.24, 2.45) is 0 Å². The van der Waals surface area contributed by atoms with E-state index in [1.54, 1.807) is 6.92 Å². The van der Waals surface area contributed by atoms with Crippen LogP contribution in [0.4, 0.5) is 0 Å². The summed E-state index contributed by atoms with van der Waals surface area (Å²) in [6, 6.07) is 0. The molecule has 0 spiro atoms. The van der Waals surface area contributed by atoms with E-state index in [9.17, 15) is 9.59 Å². The second-order valence-corrected chi connectivity index (χ2v) is 1.76. The van der Waals surface area contributed by atoms with Crippen molar-refractivity contribution in [3.8, 4) is 0 Å². The zero-order valence-electron chi connectivity index (χ0n) is 5.96. The minimum atomic E-state index is -1.15. The number of rotatable bonds is 3. The van der Waals surface area contributed by atoms with Crippen molar-refractivity contribution in [3.63, 3.8) is 0 Å². The number of carbonyl (C=O) groups is 2. The number of halogens is 1. The average molecular weight is 174 g/mol. The van der Waals surface area contributed by atoms with Crippen molar-refractivity contribution in [1.82, 2.24) is 0 Å². The molecule has 0 aromatic heterocycles. The van der Waals surface area contributed by atoms with Crippen LogP contribution in [0, 0.1) is 0 Å². The van der Waals surface area contributed by atoms with E-state index in [0.717, 1.165) is 0 Å². The van der Waals surface area contributed by atoms with Gasteiger partial charge in [0, 0.05) is 29.6 Å². The summed E-state index contributed by atoms with van der Waals surface area (Å²) in [7, 11) is 0. The molecule has 0 aliphatic rings. The minimum absolute atomic E-state index is 0. The fourth-order valence-corrected chi connectivity index (χ4v) is 0.340. The van der Waals surface area contributed by atoms with Gasteiger partial charge < -0.3 is 9.53 Å². The summed E-state index contributed by atoms with van der Waals surface area (Å²) < 4.78 is 4.39. The molecule has 0 fully saturated rings. The Morgan fingerprint density at radius 1 is 1.80 bits per heavy atom. The molecule has 0 aliphatic carbocycles. The van der Waals surface area contributed by atoms with E-state index in [1.165, 1.54) is 0 Å². The van der Waals surface area contributed by atoms with Gasteiger partial charge in [-0.25, -0.2) is 4.79 Å². The van der Waals surface area contributed by atoms with E-state index >= 15 is 0 Å². The second kappa shape index (κ2) is 7.54. The van der Waals surface area contributed by atoms with Crippen LogP contribution in [0.1, 0.15) is 6.92 Å². The van der Waals surface area contributed by atoms with Crippen LogP contribution in [0.15, 0.2) is 0 Å². The van der Waals surface area contributed by atoms with E-state index in [0.29, 0.717) is 6.29 Å². The number of aldehydes is 1. The van der Waals surface area contributed by atoms with Gasteiger partial charge in [0.1, 0.15) is 6.29 Å². The van der Waals surface area contributed by atoms with Crippen LogP contribution in [0.3, 0.4) is 0 Å². The molecule has 0 aromatic carbocycles. The van der Waals surface area contributed by atoms with Crippen molar-refractivity contribution in [2.75, 3.05) is 6.61 Å². The normalized spacial score (nSPS) is 11.0. The van der Waals surface area contributed by atoms with Gasteiger partial charge in [-0.05, 0) is 6.92 Å². The Morgan fingerprint density at radius 3 is 2.60 bits per heavy atom. The van der Waals surface area contributed by atoms with Gasteiger partial charge in [-0.1, -0.05) is 0 Å². The number of ether oxygens (including phenoxy) is 1. The first-order chi connectivity index (χ1) is 4.22. The van der Waals surface area contributed by atoms with E-state index in [4.69, 9.17) is 11.6 Å². The largest absolute Gasteiger partial charge is 0.465 e.